The minimum atomic E-state index is -0.477. The van der Waals surface area contributed by atoms with Gasteiger partial charge in [-0.25, -0.2) is 0 Å². The summed E-state index contributed by atoms with van der Waals surface area (Å²) in [6.07, 6.45) is 1.17. The van der Waals surface area contributed by atoms with E-state index >= 15 is 0 Å². The van der Waals surface area contributed by atoms with Crippen LogP contribution in [0, 0.1) is 0 Å². The van der Waals surface area contributed by atoms with Gasteiger partial charge < -0.3 is 25.4 Å². The molecule has 0 heterocycles. The Kier molecular flexibility index (Phi) is 15.7. The molecule has 1 aromatic rings. The summed E-state index contributed by atoms with van der Waals surface area (Å²) < 4.78 is 5.07. The van der Waals surface area contributed by atoms with Gasteiger partial charge >= 0.3 is 0 Å². The molecule has 0 saturated carbocycles. The molecule has 3 N–H and O–H groups in total. The quantitative estimate of drug-likeness (QED) is 0.185. The number of guanidine groups is 1. The van der Waals surface area contributed by atoms with Crippen LogP contribution in [0.4, 0.5) is 0 Å². The molecule has 0 radical (unpaired) electrons. The second-order valence-electron chi connectivity index (χ2n) is 6.14. The zero-order valence-electron chi connectivity index (χ0n) is 16.3. The molecule has 0 aliphatic heterocycles. The van der Waals surface area contributed by atoms with Crippen molar-refractivity contribution in [2.24, 2.45) is 4.99 Å². The number of aliphatic imine (C=N–C) groups is 1. The molecule has 7 heteroatoms. The van der Waals surface area contributed by atoms with Crippen LogP contribution >= 0.6 is 24.0 Å². The van der Waals surface area contributed by atoms with Gasteiger partial charge in [-0.3, -0.25) is 4.99 Å². The molecule has 0 spiro atoms. The maximum absolute atomic E-state index is 10.2. The van der Waals surface area contributed by atoms with Crippen molar-refractivity contribution in [1.29, 1.82) is 0 Å². The number of rotatable bonds is 12. The first kappa shape index (κ1) is 25.1. The van der Waals surface area contributed by atoms with Gasteiger partial charge in [0.25, 0.3) is 0 Å². The molecule has 1 aromatic carbocycles. The van der Waals surface area contributed by atoms with Crippen molar-refractivity contribution in [3.05, 3.63) is 35.9 Å². The number of nitrogens with one attached hydrogen (secondary N) is 2. The van der Waals surface area contributed by atoms with E-state index in [-0.39, 0.29) is 24.0 Å². The second-order valence-corrected chi connectivity index (χ2v) is 6.14. The highest BCUT2D eigenvalue weighted by molar-refractivity contribution is 14.0. The third-order valence-corrected chi connectivity index (χ3v) is 3.79. The fourth-order valence-corrected chi connectivity index (χ4v) is 2.44. The van der Waals surface area contributed by atoms with E-state index in [0.29, 0.717) is 13.0 Å². The molecule has 1 unspecified atom stereocenters. The highest BCUT2D eigenvalue weighted by Crippen LogP contribution is 2.03. The highest BCUT2D eigenvalue weighted by Gasteiger charge is 2.06. The third kappa shape index (κ3) is 12.5. The van der Waals surface area contributed by atoms with Crippen molar-refractivity contribution >= 4 is 29.9 Å². The topological polar surface area (TPSA) is 69.1 Å². The Labute approximate surface area is 175 Å². The normalized spacial score (nSPS) is 12.6. The van der Waals surface area contributed by atoms with E-state index in [0.717, 1.165) is 50.7 Å². The molecule has 0 saturated heterocycles. The zero-order chi connectivity index (χ0) is 18.3. The number of likely N-dealkylation sites (N-methyl/N-ethyl adjacent to an activating group) is 1. The summed E-state index contributed by atoms with van der Waals surface area (Å²) in [6, 6.07) is 10.00. The first-order valence-electron chi connectivity index (χ1n) is 9.07. The van der Waals surface area contributed by atoms with Gasteiger partial charge in [0.1, 0.15) is 0 Å². The predicted octanol–water partition coefficient (Wildman–Crippen LogP) is 1.73. The molecule has 0 bridgehead atoms. The molecule has 0 amide bonds. The minimum Gasteiger partial charge on any atom is -0.391 e. The Morgan fingerprint density at radius 2 is 1.96 bits per heavy atom. The zero-order valence-corrected chi connectivity index (χ0v) is 18.6. The van der Waals surface area contributed by atoms with Gasteiger partial charge in [0, 0.05) is 46.3 Å². The van der Waals surface area contributed by atoms with Crippen molar-refractivity contribution in [3.63, 3.8) is 0 Å². The molecule has 150 valence electrons. The lowest BCUT2D eigenvalue weighted by Crippen LogP contribution is -2.41. The molecule has 1 rings (SSSR count). The van der Waals surface area contributed by atoms with Gasteiger partial charge in [-0.15, -0.1) is 24.0 Å². The summed E-state index contributed by atoms with van der Waals surface area (Å²) in [5.74, 6) is 0.750. The van der Waals surface area contributed by atoms with Crippen LogP contribution in [0.15, 0.2) is 35.3 Å². The monoisotopic (exact) mass is 478 g/mol. The summed E-state index contributed by atoms with van der Waals surface area (Å²) in [5, 5.41) is 16.7. The summed E-state index contributed by atoms with van der Waals surface area (Å²) in [7, 11) is 3.83. The van der Waals surface area contributed by atoms with Crippen molar-refractivity contribution in [2.75, 3.05) is 53.5 Å². The molecule has 0 aliphatic rings. The smallest absolute Gasteiger partial charge is 0.191 e. The van der Waals surface area contributed by atoms with Gasteiger partial charge in [-0.1, -0.05) is 30.3 Å². The number of halogens is 1. The first-order valence-corrected chi connectivity index (χ1v) is 9.07. The Balaban J connectivity index is 0.00000625. The number of hydrogen-bond acceptors (Lipinski definition) is 4. The largest absolute Gasteiger partial charge is 0.391 e. The number of hydrogen-bond donors (Lipinski definition) is 3. The van der Waals surface area contributed by atoms with Crippen LogP contribution in [0.2, 0.25) is 0 Å². The summed E-state index contributed by atoms with van der Waals surface area (Å²) >= 11 is 0. The molecule has 0 aromatic heterocycles. The minimum absolute atomic E-state index is 0. The lowest BCUT2D eigenvalue weighted by Gasteiger charge is -2.18. The van der Waals surface area contributed by atoms with E-state index in [4.69, 9.17) is 4.74 Å². The number of aliphatic hydroxyl groups excluding tert-OH is 1. The molecular weight excluding hydrogens is 443 g/mol. The average Bonchev–Trinajstić information content (AvgIpc) is 2.61. The molecule has 0 fully saturated rings. The fourth-order valence-electron chi connectivity index (χ4n) is 2.44. The Morgan fingerprint density at radius 1 is 1.23 bits per heavy atom. The summed E-state index contributed by atoms with van der Waals surface area (Å²) in [5.41, 5.74) is 1.13. The fraction of sp³-hybridized carbons (Fsp3) is 0.632. The molecule has 1 atom stereocenters. The van der Waals surface area contributed by atoms with E-state index in [2.05, 4.69) is 27.6 Å². The van der Waals surface area contributed by atoms with E-state index in [9.17, 15) is 5.11 Å². The SMILES string of the molecule is CCNC(=NCC(O)Cc1ccccc1)NCCN(C)CCCOC.I. The average molecular weight is 478 g/mol. The number of aliphatic hydroxyl groups is 1. The van der Waals surface area contributed by atoms with Crippen molar-refractivity contribution in [1.82, 2.24) is 15.5 Å². The molecule has 0 aliphatic carbocycles. The van der Waals surface area contributed by atoms with Gasteiger partial charge in [-0.2, -0.15) is 0 Å². The Hall–Kier alpha value is -0.900. The summed E-state index contributed by atoms with van der Waals surface area (Å²) in [6.45, 7) is 6.76. The van der Waals surface area contributed by atoms with Gasteiger partial charge in [0.05, 0.1) is 12.6 Å². The predicted molar refractivity (Wildman–Crippen MR) is 120 cm³/mol. The number of ether oxygens (including phenoxy) is 1. The standard InChI is InChI=1S/C19H34N4O2.HI/c1-4-20-19(21-11-13-23(2)12-8-14-25-3)22-16-18(24)15-17-9-6-5-7-10-17;/h5-7,9-10,18,24H,4,8,11-16H2,1-3H3,(H2,20,21,22);1H. The number of nitrogens with zero attached hydrogens (tertiary/aromatic N) is 2. The van der Waals surface area contributed by atoms with Gasteiger partial charge in [0.15, 0.2) is 5.96 Å². The van der Waals surface area contributed by atoms with Crippen LogP contribution in [0.25, 0.3) is 0 Å². The Morgan fingerprint density at radius 3 is 2.62 bits per heavy atom. The maximum Gasteiger partial charge on any atom is 0.191 e. The Bertz CT molecular complexity index is 474. The van der Waals surface area contributed by atoms with Crippen LogP contribution in [-0.2, 0) is 11.2 Å². The lowest BCUT2D eigenvalue weighted by molar-refractivity contribution is 0.180. The second kappa shape index (κ2) is 16.3. The van der Waals surface area contributed by atoms with Crippen LogP contribution in [0.3, 0.4) is 0 Å². The summed E-state index contributed by atoms with van der Waals surface area (Å²) in [4.78, 5) is 6.75. The third-order valence-electron chi connectivity index (χ3n) is 3.79. The lowest BCUT2D eigenvalue weighted by atomic mass is 10.1. The molecular formula is C19H35IN4O2. The van der Waals surface area contributed by atoms with E-state index in [1.807, 2.05) is 37.3 Å². The van der Waals surface area contributed by atoms with Crippen LogP contribution in [-0.4, -0.2) is 75.6 Å². The highest BCUT2D eigenvalue weighted by atomic mass is 127. The number of benzene rings is 1. The van der Waals surface area contributed by atoms with Crippen LogP contribution < -0.4 is 10.6 Å². The van der Waals surface area contributed by atoms with Crippen molar-refractivity contribution in [3.8, 4) is 0 Å². The van der Waals surface area contributed by atoms with E-state index < -0.39 is 6.10 Å². The molecule has 6 nitrogen and oxygen atoms in total. The molecule has 26 heavy (non-hydrogen) atoms. The number of methoxy groups -OCH3 is 1. The van der Waals surface area contributed by atoms with Crippen LogP contribution in [0.5, 0.6) is 0 Å². The van der Waals surface area contributed by atoms with Gasteiger partial charge in [0.2, 0.25) is 0 Å². The maximum atomic E-state index is 10.2. The first-order chi connectivity index (χ1) is 12.2. The van der Waals surface area contributed by atoms with Crippen LogP contribution in [0.1, 0.15) is 18.9 Å². The van der Waals surface area contributed by atoms with Crippen molar-refractivity contribution in [2.45, 2.75) is 25.9 Å². The van der Waals surface area contributed by atoms with E-state index in [1.54, 1.807) is 7.11 Å². The van der Waals surface area contributed by atoms with E-state index in [1.165, 1.54) is 0 Å². The van der Waals surface area contributed by atoms with Gasteiger partial charge in [-0.05, 0) is 26.0 Å². The van der Waals surface area contributed by atoms with Crippen molar-refractivity contribution < 1.29 is 9.84 Å².